The Hall–Kier alpha value is -4.23. The molecule has 0 spiro atoms. The lowest BCUT2D eigenvalue weighted by Gasteiger charge is -2.39. The maximum Gasteiger partial charge on any atom is 0.325 e. The number of halogens is 5. The minimum atomic E-state index is -1.25. The number of carbonyl (C=O) groups excluding carboxylic acids is 2. The molecule has 1 aliphatic heterocycles. The monoisotopic (exact) mass is 579 g/mol. The highest BCUT2D eigenvalue weighted by Gasteiger charge is 2.35. The van der Waals surface area contributed by atoms with E-state index in [2.05, 4.69) is 5.32 Å². The van der Waals surface area contributed by atoms with Gasteiger partial charge in [0, 0.05) is 54.5 Å². The molecule has 0 radical (unpaired) electrons. The van der Waals surface area contributed by atoms with E-state index in [0.717, 1.165) is 17.0 Å². The standard InChI is InChI=1S/C28H26F5N3O5/c1-14-19-4-3-15(27(39)34-10-20-22(30)6-16(29)7-23(20)31)5-26(19)36(28(40)35(14)2)11-21-24(32)8-18(9-25(21)33)41-13-17(38)12-37/h3-9,14,17,37-38H,10-13H2,1-2H3,(H,34,39)/t14-,17-/m0/s1. The number of amides is 3. The fourth-order valence-corrected chi connectivity index (χ4v) is 4.32. The lowest BCUT2D eigenvalue weighted by Crippen LogP contribution is -2.47. The zero-order chi connectivity index (χ0) is 30.0. The summed E-state index contributed by atoms with van der Waals surface area (Å²) in [6, 6.07) is 5.97. The summed E-state index contributed by atoms with van der Waals surface area (Å²) in [6.45, 7) is -0.429. The second kappa shape index (κ2) is 12.1. The molecule has 4 rings (SSSR count). The first kappa shape index (κ1) is 29.7. The van der Waals surface area contributed by atoms with E-state index in [0.29, 0.717) is 17.7 Å². The summed E-state index contributed by atoms with van der Waals surface area (Å²) < 4.78 is 76.2. The van der Waals surface area contributed by atoms with Crippen LogP contribution < -0.4 is 15.0 Å². The third kappa shape index (κ3) is 6.25. The molecule has 8 nitrogen and oxygen atoms in total. The highest BCUT2D eigenvalue weighted by Crippen LogP contribution is 2.38. The molecule has 1 heterocycles. The number of ether oxygens (including phenoxy) is 1. The van der Waals surface area contributed by atoms with E-state index in [9.17, 15) is 36.6 Å². The third-order valence-electron chi connectivity index (χ3n) is 6.76. The summed E-state index contributed by atoms with van der Waals surface area (Å²) in [5, 5.41) is 20.6. The molecule has 13 heteroatoms. The summed E-state index contributed by atoms with van der Waals surface area (Å²) in [5.74, 6) is -6.53. The second-order valence-electron chi connectivity index (χ2n) is 9.47. The van der Waals surface area contributed by atoms with Gasteiger partial charge in [-0.05, 0) is 24.6 Å². The van der Waals surface area contributed by atoms with Gasteiger partial charge in [-0.2, -0.15) is 0 Å². The first-order valence-corrected chi connectivity index (χ1v) is 12.4. The second-order valence-corrected chi connectivity index (χ2v) is 9.47. The lowest BCUT2D eigenvalue weighted by molar-refractivity contribution is 0.0534. The van der Waals surface area contributed by atoms with Gasteiger partial charge in [0.05, 0.1) is 24.9 Å². The van der Waals surface area contributed by atoms with E-state index in [1.165, 1.54) is 24.1 Å². The molecule has 0 aliphatic carbocycles. The number of nitrogens with one attached hydrogen (secondary N) is 1. The molecule has 0 bridgehead atoms. The Morgan fingerprint density at radius 1 is 1.00 bits per heavy atom. The molecule has 3 aromatic carbocycles. The lowest BCUT2D eigenvalue weighted by atomic mass is 9.98. The number of fused-ring (bicyclic) bond motifs is 1. The van der Waals surface area contributed by atoms with Crippen LogP contribution in [0.15, 0.2) is 42.5 Å². The largest absolute Gasteiger partial charge is 0.491 e. The van der Waals surface area contributed by atoms with Crippen LogP contribution in [0.4, 0.5) is 32.4 Å². The van der Waals surface area contributed by atoms with Crippen molar-refractivity contribution in [2.75, 3.05) is 25.2 Å². The Labute approximate surface area is 231 Å². The van der Waals surface area contributed by atoms with Crippen LogP contribution in [0.2, 0.25) is 0 Å². The fourth-order valence-electron chi connectivity index (χ4n) is 4.32. The predicted octanol–water partition coefficient (Wildman–Crippen LogP) is 4.18. The van der Waals surface area contributed by atoms with E-state index in [1.54, 1.807) is 13.0 Å². The van der Waals surface area contributed by atoms with Crippen molar-refractivity contribution in [2.45, 2.75) is 32.2 Å². The normalized spacial score (nSPS) is 15.5. The molecule has 2 atom stereocenters. The minimum absolute atomic E-state index is 0.00614. The number of hydrogen-bond donors (Lipinski definition) is 3. The van der Waals surface area contributed by atoms with Crippen molar-refractivity contribution in [2.24, 2.45) is 0 Å². The van der Waals surface area contributed by atoms with Crippen molar-refractivity contribution in [3.05, 3.63) is 93.8 Å². The molecule has 0 unspecified atom stereocenters. The van der Waals surface area contributed by atoms with Gasteiger partial charge in [0.15, 0.2) is 0 Å². The van der Waals surface area contributed by atoms with Gasteiger partial charge in [-0.3, -0.25) is 9.69 Å². The number of carbonyl (C=O) groups is 2. The highest BCUT2D eigenvalue weighted by molar-refractivity contribution is 5.99. The van der Waals surface area contributed by atoms with Crippen LogP contribution in [0.3, 0.4) is 0 Å². The van der Waals surface area contributed by atoms with Crippen molar-refractivity contribution in [3.8, 4) is 5.75 Å². The van der Waals surface area contributed by atoms with Crippen molar-refractivity contribution >= 4 is 17.6 Å². The number of urea groups is 1. The molecular formula is C28H26F5N3O5. The van der Waals surface area contributed by atoms with Crippen LogP contribution in [-0.2, 0) is 13.1 Å². The molecule has 218 valence electrons. The Kier molecular flexibility index (Phi) is 8.78. The van der Waals surface area contributed by atoms with Gasteiger partial charge in [0.1, 0.15) is 47.5 Å². The average molecular weight is 580 g/mol. The van der Waals surface area contributed by atoms with Gasteiger partial charge in [-0.1, -0.05) is 6.07 Å². The molecule has 0 aromatic heterocycles. The predicted molar refractivity (Wildman–Crippen MR) is 137 cm³/mol. The average Bonchev–Trinajstić information content (AvgIpc) is 2.92. The Bertz CT molecular complexity index is 1440. The number of hydrogen-bond acceptors (Lipinski definition) is 5. The van der Waals surface area contributed by atoms with Crippen LogP contribution in [0.5, 0.6) is 5.75 Å². The molecule has 41 heavy (non-hydrogen) atoms. The number of rotatable bonds is 9. The van der Waals surface area contributed by atoms with E-state index < -0.39 is 90.6 Å². The minimum Gasteiger partial charge on any atom is -0.491 e. The highest BCUT2D eigenvalue weighted by atomic mass is 19.2. The van der Waals surface area contributed by atoms with E-state index in [-0.39, 0.29) is 17.0 Å². The Balaban J connectivity index is 1.61. The SMILES string of the molecule is C[C@H]1c2ccc(C(=O)NCc3c(F)cc(F)cc3F)cc2N(Cc2c(F)cc(OC[C@@H](O)CO)cc2F)C(=O)N1C. The number of benzene rings is 3. The molecule has 0 saturated heterocycles. The first-order chi connectivity index (χ1) is 19.4. The quantitative estimate of drug-likeness (QED) is 0.331. The van der Waals surface area contributed by atoms with E-state index in [4.69, 9.17) is 9.84 Å². The zero-order valence-corrected chi connectivity index (χ0v) is 21.9. The summed E-state index contributed by atoms with van der Waals surface area (Å²) in [5.41, 5.74) is -0.266. The molecule has 3 aromatic rings. The number of nitrogens with zero attached hydrogens (tertiary/aromatic N) is 2. The molecule has 3 N–H and O–H groups in total. The van der Waals surface area contributed by atoms with Crippen LogP contribution in [-0.4, -0.2) is 53.4 Å². The van der Waals surface area contributed by atoms with Crippen molar-refractivity contribution in [3.63, 3.8) is 0 Å². The first-order valence-electron chi connectivity index (χ1n) is 12.4. The number of aliphatic hydroxyl groups excluding tert-OH is 2. The third-order valence-corrected chi connectivity index (χ3v) is 6.76. The van der Waals surface area contributed by atoms with Gasteiger partial charge in [0.25, 0.3) is 5.91 Å². The zero-order valence-electron chi connectivity index (χ0n) is 21.9. The summed E-state index contributed by atoms with van der Waals surface area (Å²) in [4.78, 5) is 28.5. The van der Waals surface area contributed by atoms with Gasteiger partial charge in [-0.15, -0.1) is 0 Å². The van der Waals surface area contributed by atoms with Gasteiger partial charge >= 0.3 is 6.03 Å². The van der Waals surface area contributed by atoms with E-state index >= 15 is 0 Å². The van der Waals surface area contributed by atoms with Crippen LogP contribution in [0.1, 0.15) is 40.0 Å². The Morgan fingerprint density at radius 2 is 1.61 bits per heavy atom. The summed E-state index contributed by atoms with van der Waals surface area (Å²) in [6.07, 6.45) is -1.25. The summed E-state index contributed by atoms with van der Waals surface area (Å²) >= 11 is 0. The van der Waals surface area contributed by atoms with Crippen molar-refractivity contribution < 1.29 is 46.5 Å². The van der Waals surface area contributed by atoms with Crippen LogP contribution in [0, 0.1) is 29.1 Å². The molecule has 0 fully saturated rings. The van der Waals surface area contributed by atoms with Gasteiger partial charge in [0.2, 0.25) is 0 Å². The van der Waals surface area contributed by atoms with Gasteiger partial charge < -0.3 is 25.2 Å². The van der Waals surface area contributed by atoms with Crippen molar-refractivity contribution in [1.82, 2.24) is 10.2 Å². The Morgan fingerprint density at radius 3 is 2.22 bits per heavy atom. The molecule has 0 saturated carbocycles. The van der Waals surface area contributed by atoms with Gasteiger partial charge in [-0.25, -0.2) is 26.7 Å². The molecule has 3 amide bonds. The maximum absolute atomic E-state index is 15.0. The van der Waals surface area contributed by atoms with Crippen LogP contribution >= 0.6 is 0 Å². The van der Waals surface area contributed by atoms with E-state index in [1.807, 2.05) is 0 Å². The van der Waals surface area contributed by atoms with Crippen LogP contribution in [0.25, 0.3) is 0 Å². The molecular weight excluding hydrogens is 553 g/mol. The number of anilines is 1. The molecule has 1 aliphatic rings. The topological polar surface area (TPSA) is 102 Å². The van der Waals surface area contributed by atoms with Crippen molar-refractivity contribution in [1.29, 1.82) is 0 Å². The smallest absolute Gasteiger partial charge is 0.325 e. The summed E-state index contributed by atoms with van der Waals surface area (Å²) in [7, 11) is 1.51. The number of aliphatic hydroxyl groups is 2. The maximum atomic E-state index is 15.0. The fraction of sp³-hybridized carbons (Fsp3) is 0.286.